The monoisotopic (exact) mass is 311 g/mol. The number of hydrogen-bond donors (Lipinski definition) is 5. The van der Waals surface area contributed by atoms with Crippen LogP contribution in [0, 0.1) is 0 Å². The Morgan fingerprint density at radius 3 is 0.789 bits per heavy atom. The van der Waals surface area contributed by atoms with Crippen LogP contribution in [0.1, 0.15) is 20.8 Å². The summed E-state index contributed by atoms with van der Waals surface area (Å²) >= 11 is 0. The molecule has 0 aromatic heterocycles. The number of hydrogen-bond acceptors (Lipinski definition) is 5. The average Bonchev–Trinajstić information content (AvgIpc) is 2.00. The van der Waals surface area contributed by atoms with Crippen LogP contribution in [0.2, 0.25) is 0 Å². The summed E-state index contributed by atoms with van der Waals surface area (Å²) < 4.78 is 0. The van der Waals surface area contributed by atoms with Crippen LogP contribution in [0.15, 0.2) is 0 Å². The van der Waals surface area contributed by atoms with Crippen LogP contribution in [0.25, 0.3) is 0 Å². The molecule has 0 fully saturated rings. The van der Waals surface area contributed by atoms with Crippen LogP contribution >= 0.6 is 0 Å². The number of rotatable bonds is 1. The van der Waals surface area contributed by atoms with Gasteiger partial charge in [-0.15, -0.1) is 0 Å². The minimum absolute atomic E-state index is 0. The Morgan fingerprint density at radius 1 is 0.737 bits per heavy atom. The summed E-state index contributed by atoms with van der Waals surface area (Å²) in [7, 11) is 0. The van der Waals surface area contributed by atoms with Crippen LogP contribution in [0.4, 0.5) is 0 Å². The van der Waals surface area contributed by atoms with Crippen molar-refractivity contribution in [3.63, 3.8) is 0 Å². The number of carbonyl (C=O) groups is 3. The Hall–Kier alpha value is 1.33. The van der Waals surface area contributed by atoms with E-state index >= 15 is 0 Å². The first kappa shape index (κ1) is 42.8. The molecular weight excluding hydrogens is 289 g/mol. The van der Waals surface area contributed by atoms with E-state index in [1.807, 2.05) is 0 Å². The topological polar surface area (TPSA) is 164 Å². The molecule has 8 nitrogen and oxygen atoms in total. The van der Waals surface area contributed by atoms with E-state index < -0.39 is 17.9 Å². The largest absolute Gasteiger partial charge is 0 e. The minimum atomic E-state index is -0.833. The Balaban J connectivity index is -0.0000000192. The summed E-state index contributed by atoms with van der Waals surface area (Å²) in [5.74, 6) is -2.50. The quantitative estimate of drug-likeness (QED) is 0.332. The smallest absolute Gasteiger partial charge is 0 e. The van der Waals surface area contributed by atoms with Crippen molar-refractivity contribution in [2.45, 2.75) is 20.8 Å². The first-order valence-corrected chi connectivity index (χ1v) is 4.10. The normalized spacial score (nSPS) is 5.53. The third kappa shape index (κ3) is 1070. The third-order valence-electron chi connectivity index (χ3n) is 0.167. The molecule has 0 unspecified atom stereocenters. The summed E-state index contributed by atoms with van der Waals surface area (Å²) in [6.07, 6.45) is 0. The van der Waals surface area contributed by atoms with Crippen molar-refractivity contribution in [1.29, 1.82) is 0 Å². The summed E-state index contributed by atoms with van der Waals surface area (Å²) in [4.78, 5) is 27.0. The fourth-order valence-corrected chi connectivity index (χ4v) is 0. The van der Waals surface area contributed by atoms with Gasteiger partial charge in [-0.05, 0) is 0 Å². The predicted molar refractivity (Wildman–Crippen MR) is 78.1 cm³/mol. The molecule has 103 valence electrons. The van der Waals surface area contributed by atoms with Crippen molar-refractivity contribution in [3.8, 4) is 0 Å². The maximum atomic E-state index is 9.00. The number of carboxylic acid groups (broad SMARTS) is 3. The molecule has 0 amide bonds. The van der Waals surface area contributed by atoms with Crippen molar-refractivity contribution in [2.75, 3.05) is 13.1 Å². The van der Waals surface area contributed by atoms with Crippen LogP contribution in [-0.2, 0) is 14.4 Å². The van der Waals surface area contributed by atoms with Crippen LogP contribution in [0.3, 0.4) is 0 Å². The molecule has 0 aromatic carbocycles. The van der Waals surface area contributed by atoms with Gasteiger partial charge in [0.25, 0.3) is 17.9 Å². The van der Waals surface area contributed by atoms with E-state index in [2.05, 4.69) is 0 Å². The molecule has 0 bridgehead atoms. The molecule has 0 saturated carbocycles. The second kappa shape index (κ2) is 42.7. The summed E-state index contributed by atoms with van der Waals surface area (Å²) in [6, 6.07) is 0. The fourth-order valence-electron chi connectivity index (χ4n) is 0. The zero-order chi connectivity index (χ0) is 14.1. The van der Waals surface area contributed by atoms with E-state index in [0.717, 1.165) is 20.8 Å². The Kier molecular flexibility index (Phi) is 96.1. The zero-order valence-electron chi connectivity index (χ0n) is 10.6. The fraction of sp³-hybridized carbons (Fsp3) is 0.625. The van der Waals surface area contributed by atoms with Gasteiger partial charge in [0.1, 0.15) is 0 Å². The SMILES string of the molecule is CC(=O)O.CC(=O)O.CC(=O)O.NCCN.[NaH].[NaH].[Na]. The molecule has 0 heterocycles. The number of carboxylic acids is 3. The van der Waals surface area contributed by atoms with Crippen molar-refractivity contribution in [3.05, 3.63) is 0 Å². The minimum Gasteiger partial charge on any atom is 0 e. The summed E-state index contributed by atoms with van der Waals surface area (Å²) in [5.41, 5.74) is 9.81. The molecule has 11 heteroatoms. The molecule has 0 atom stereocenters. The van der Waals surface area contributed by atoms with Gasteiger partial charge in [-0.2, -0.15) is 0 Å². The average molecular weight is 311 g/mol. The molecule has 0 rings (SSSR count). The van der Waals surface area contributed by atoms with Gasteiger partial charge in [-0.1, -0.05) is 0 Å². The molecule has 19 heavy (non-hydrogen) atoms. The molecule has 1 radical (unpaired) electrons. The van der Waals surface area contributed by atoms with Crippen LogP contribution in [0.5, 0.6) is 0 Å². The van der Waals surface area contributed by atoms with Gasteiger partial charge < -0.3 is 26.8 Å². The molecule has 0 saturated heterocycles. The first-order chi connectivity index (χ1) is 7.11. The van der Waals surface area contributed by atoms with E-state index in [-0.39, 0.29) is 88.7 Å². The number of aliphatic carboxylic acids is 3. The van der Waals surface area contributed by atoms with Crippen molar-refractivity contribution >= 4 is 107 Å². The van der Waals surface area contributed by atoms with Gasteiger partial charge in [-0.3, -0.25) is 14.4 Å². The molecule has 7 N–H and O–H groups in total. The first-order valence-electron chi connectivity index (χ1n) is 4.10. The van der Waals surface area contributed by atoms with Crippen molar-refractivity contribution < 1.29 is 29.7 Å². The van der Waals surface area contributed by atoms with Crippen LogP contribution in [-0.4, -0.2) is 135 Å². The van der Waals surface area contributed by atoms with Gasteiger partial charge in [-0.25, -0.2) is 0 Å². The molecule has 0 aliphatic carbocycles. The van der Waals surface area contributed by atoms with E-state index in [1.165, 1.54) is 0 Å². The maximum absolute atomic E-state index is 9.00. The van der Waals surface area contributed by atoms with Gasteiger partial charge >= 0.3 is 59.1 Å². The molecule has 0 spiro atoms. The second-order valence-electron chi connectivity index (χ2n) is 2.13. The van der Waals surface area contributed by atoms with E-state index in [0.29, 0.717) is 13.1 Å². The maximum Gasteiger partial charge on any atom is 0 e. The Labute approximate surface area is 179 Å². The van der Waals surface area contributed by atoms with Crippen molar-refractivity contribution in [2.24, 2.45) is 11.5 Å². The second-order valence-corrected chi connectivity index (χ2v) is 2.13. The Morgan fingerprint density at radius 2 is 0.789 bits per heavy atom. The standard InChI is InChI=1S/C2H8N2.3C2H4O2.3Na.2H/c3-1-2-4;3*1-2(3)4;;;;;/h1-4H2;3*1H3,(H,3,4);;;;;. The van der Waals surface area contributed by atoms with Gasteiger partial charge in [0.15, 0.2) is 0 Å². The van der Waals surface area contributed by atoms with E-state index in [4.69, 9.17) is 41.2 Å². The third-order valence-corrected chi connectivity index (χ3v) is 0.167. The molecule has 0 aliphatic heterocycles. The summed E-state index contributed by atoms with van der Waals surface area (Å²) in [6.45, 7) is 4.44. The van der Waals surface area contributed by atoms with E-state index in [1.54, 1.807) is 0 Å². The van der Waals surface area contributed by atoms with Crippen LogP contribution < -0.4 is 11.5 Å². The van der Waals surface area contributed by atoms with Gasteiger partial charge in [0.05, 0.1) is 0 Å². The van der Waals surface area contributed by atoms with Gasteiger partial charge in [0.2, 0.25) is 0 Å². The Bertz CT molecular complexity index is 153. The molecule has 0 aromatic rings. The predicted octanol–water partition coefficient (Wildman–Crippen LogP) is -2.50. The zero-order valence-corrected chi connectivity index (χ0v) is 12.6. The van der Waals surface area contributed by atoms with Gasteiger partial charge in [0, 0.05) is 63.4 Å². The number of nitrogens with two attached hydrogens (primary N) is 2. The van der Waals surface area contributed by atoms with Crippen molar-refractivity contribution in [1.82, 2.24) is 0 Å². The van der Waals surface area contributed by atoms with E-state index in [9.17, 15) is 0 Å². The molecule has 0 aliphatic rings. The molecular formula is C8H22N2Na3O6. The summed E-state index contributed by atoms with van der Waals surface area (Å²) in [5, 5.41) is 22.2.